The van der Waals surface area contributed by atoms with Crippen LogP contribution in [-0.2, 0) is 4.79 Å². The van der Waals surface area contributed by atoms with E-state index in [1.807, 2.05) is 18.2 Å². The Labute approximate surface area is 75.4 Å². The number of carbonyl (C=O) groups is 1. The number of carbonyl (C=O) groups excluding carboxylic acids is 1. The Morgan fingerprint density at radius 1 is 1.58 bits per heavy atom. The van der Waals surface area contributed by atoms with Gasteiger partial charge in [-0.2, -0.15) is 0 Å². The number of hydrogen-bond acceptors (Lipinski definition) is 2. The summed E-state index contributed by atoms with van der Waals surface area (Å²) in [7, 11) is 0. The lowest BCUT2D eigenvalue weighted by molar-refractivity contribution is -0.115. The van der Waals surface area contributed by atoms with E-state index in [9.17, 15) is 4.79 Å². The summed E-state index contributed by atoms with van der Waals surface area (Å²) >= 11 is 1.71. The van der Waals surface area contributed by atoms with E-state index >= 15 is 0 Å². The molecule has 0 fully saturated rings. The second-order valence-corrected chi connectivity index (χ2v) is 3.71. The van der Waals surface area contributed by atoms with Crippen molar-refractivity contribution in [3.8, 4) is 0 Å². The fourth-order valence-corrected chi connectivity index (χ4v) is 2.04. The molecule has 0 saturated heterocycles. The van der Waals surface area contributed by atoms with E-state index in [2.05, 4.69) is 11.4 Å². The van der Waals surface area contributed by atoms with Crippen molar-refractivity contribution in [1.82, 2.24) is 0 Å². The third kappa shape index (κ3) is 1.46. The molecule has 0 saturated carbocycles. The van der Waals surface area contributed by atoms with Crippen molar-refractivity contribution in [3.05, 3.63) is 24.3 Å². The molecule has 0 bridgehead atoms. The molecule has 0 aliphatic carbocycles. The molecule has 2 nitrogen and oxygen atoms in total. The highest BCUT2D eigenvalue weighted by Crippen LogP contribution is 2.29. The van der Waals surface area contributed by atoms with Gasteiger partial charge >= 0.3 is 0 Å². The summed E-state index contributed by atoms with van der Waals surface area (Å²) < 4.78 is 0. The van der Waals surface area contributed by atoms with Crippen LogP contribution in [0.4, 0.5) is 5.69 Å². The topological polar surface area (TPSA) is 29.1 Å². The fourth-order valence-electron chi connectivity index (χ4n) is 1.11. The van der Waals surface area contributed by atoms with Gasteiger partial charge in [-0.05, 0) is 18.2 Å². The number of amides is 1. The maximum Gasteiger partial charge on any atom is 0.225 e. The van der Waals surface area contributed by atoms with Crippen LogP contribution in [0.2, 0.25) is 0 Å². The number of hydrogen-bond donors (Lipinski definition) is 1. The first-order valence-corrected chi connectivity index (χ1v) is 4.77. The molecule has 1 heterocycles. The fraction of sp³-hybridized carbons (Fsp3) is 0.222. The number of benzene rings is 1. The Kier molecular flexibility index (Phi) is 2.04. The Bertz CT molecular complexity index is 311. The number of rotatable bonds is 0. The van der Waals surface area contributed by atoms with Crippen molar-refractivity contribution in [2.45, 2.75) is 11.3 Å². The minimum Gasteiger partial charge on any atom is -0.325 e. The van der Waals surface area contributed by atoms with Crippen LogP contribution in [0, 0.1) is 6.07 Å². The molecule has 0 unspecified atom stereocenters. The Balaban J connectivity index is 2.37. The van der Waals surface area contributed by atoms with E-state index in [1.165, 1.54) is 0 Å². The molecule has 1 aromatic carbocycles. The number of nitrogens with one attached hydrogen (secondary N) is 1. The zero-order valence-electron chi connectivity index (χ0n) is 6.46. The Hall–Kier alpha value is -0.960. The van der Waals surface area contributed by atoms with Gasteiger partial charge in [0.15, 0.2) is 0 Å². The lowest BCUT2D eigenvalue weighted by atomic mass is 10.3. The molecule has 1 aliphatic heterocycles. The third-order valence-corrected chi connectivity index (χ3v) is 2.76. The van der Waals surface area contributed by atoms with Crippen molar-refractivity contribution in [1.29, 1.82) is 0 Å². The van der Waals surface area contributed by atoms with Gasteiger partial charge in [-0.1, -0.05) is 6.07 Å². The Morgan fingerprint density at radius 3 is 3.42 bits per heavy atom. The SMILES string of the molecule is O=C1CCSc2cc[c]cc2N1. The first-order valence-electron chi connectivity index (χ1n) is 3.79. The first-order chi connectivity index (χ1) is 5.86. The van der Waals surface area contributed by atoms with Gasteiger partial charge in [0.1, 0.15) is 0 Å². The minimum atomic E-state index is 0.0980. The van der Waals surface area contributed by atoms with E-state index in [-0.39, 0.29) is 5.91 Å². The molecule has 61 valence electrons. The summed E-state index contributed by atoms with van der Waals surface area (Å²) in [4.78, 5) is 12.2. The number of thioether (sulfide) groups is 1. The van der Waals surface area contributed by atoms with Gasteiger partial charge in [-0.25, -0.2) is 0 Å². The smallest absolute Gasteiger partial charge is 0.225 e. The van der Waals surface area contributed by atoms with E-state index < -0.39 is 0 Å². The van der Waals surface area contributed by atoms with Crippen LogP contribution >= 0.6 is 11.8 Å². The molecule has 2 rings (SSSR count). The van der Waals surface area contributed by atoms with Crippen molar-refractivity contribution in [2.75, 3.05) is 11.1 Å². The van der Waals surface area contributed by atoms with Gasteiger partial charge in [0.05, 0.1) is 5.69 Å². The molecule has 12 heavy (non-hydrogen) atoms. The molecule has 0 aromatic heterocycles. The van der Waals surface area contributed by atoms with Crippen LogP contribution in [0.15, 0.2) is 23.1 Å². The molecular weight excluding hydrogens is 170 g/mol. The van der Waals surface area contributed by atoms with E-state index in [1.54, 1.807) is 11.8 Å². The summed E-state index contributed by atoms with van der Waals surface area (Å²) in [5.74, 6) is 0.962. The average Bonchev–Trinajstić information content (AvgIpc) is 2.25. The molecule has 1 aliphatic rings. The van der Waals surface area contributed by atoms with Crippen LogP contribution in [0.25, 0.3) is 0 Å². The van der Waals surface area contributed by atoms with Crippen LogP contribution in [0.5, 0.6) is 0 Å². The first kappa shape index (κ1) is 7.68. The van der Waals surface area contributed by atoms with E-state index in [0.29, 0.717) is 6.42 Å². The largest absolute Gasteiger partial charge is 0.325 e. The predicted molar refractivity (Wildman–Crippen MR) is 49.2 cm³/mol. The third-order valence-electron chi connectivity index (χ3n) is 1.68. The lowest BCUT2D eigenvalue weighted by Crippen LogP contribution is -2.09. The molecule has 1 N–H and O–H groups in total. The Morgan fingerprint density at radius 2 is 2.50 bits per heavy atom. The van der Waals surface area contributed by atoms with Gasteiger partial charge in [-0.3, -0.25) is 4.79 Å². The predicted octanol–water partition coefficient (Wildman–Crippen LogP) is 1.92. The monoisotopic (exact) mass is 178 g/mol. The number of anilines is 1. The molecule has 0 atom stereocenters. The van der Waals surface area contributed by atoms with Gasteiger partial charge in [0, 0.05) is 17.1 Å². The highest BCUT2D eigenvalue weighted by Gasteiger charge is 2.11. The van der Waals surface area contributed by atoms with Crippen molar-refractivity contribution in [3.63, 3.8) is 0 Å². The van der Waals surface area contributed by atoms with Crippen molar-refractivity contribution in [2.24, 2.45) is 0 Å². The van der Waals surface area contributed by atoms with Crippen molar-refractivity contribution < 1.29 is 4.79 Å². The van der Waals surface area contributed by atoms with Gasteiger partial charge in [-0.15, -0.1) is 11.8 Å². The van der Waals surface area contributed by atoms with Crippen LogP contribution in [0.3, 0.4) is 0 Å². The molecule has 1 radical (unpaired) electrons. The van der Waals surface area contributed by atoms with Crippen molar-refractivity contribution >= 4 is 23.4 Å². The maximum absolute atomic E-state index is 11.1. The maximum atomic E-state index is 11.1. The van der Waals surface area contributed by atoms with Crippen LogP contribution < -0.4 is 5.32 Å². The van der Waals surface area contributed by atoms with Crippen LogP contribution in [0.1, 0.15) is 6.42 Å². The quantitative estimate of drug-likeness (QED) is 0.657. The van der Waals surface area contributed by atoms with Gasteiger partial charge < -0.3 is 5.32 Å². The van der Waals surface area contributed by atoms with E-state index in [0.717, 1.165) is 16.3 Å². The summed E-state index contributed by atoms with van der Waals surface area (Å²) in [6, 6.07) is 8.59. The summed E-state index contributed by atoms with van der Waals surface area (Å²) in [6.07, 6.45) is 0.597. The standard InChI is InChI=1S/C9H8NOS/c11-9-5-6-12-8-4-2-1-3-7(8)10-9/h2-4H,5-6H2,(H,10,11). The van der Waals surface area contributed by atoms with Gasteiger partial charge in [0.25, 0.3) is 0 Å². The zero-order chi connectivity index (χ0) is 8.39. The zero-order valence-corrected chi connectivity index (χ0v) is 7.28. The highest BCUT2D eigenvalue weighted by molar-refractivity contribution is 7.99. The summed E-state index contributed by atoms with van der Waals surface area (Å²) in [5, 5.41) is 2.83. The summed E-state index contributed by atoms with van der Waals surface area (Å²) in [5.41, 5.74) is 0.894. The highest BCUT2D eigenvalue weighted by atomic mass is 32.2. The molecule has 1 amide bonds. The molecule has 0 spiro atoms. The average molecular weight is 178 g/mol. The second-order valence-electron chi connectivity index (χ2n) is 2.57. The van der Waals surface area contributed by atoms with E-state index in [4.69, 9.17) is 0 Å². The minimum absolute atomic E-state index is 0.0980. The summed E-state index contributed by atoms with van der Waals surface area (Å²) in [6.45, 7) is 0. The molecule has 1 aromatic rings. The van der Waals surface area contributed by atoms with Gasteiger partial charge in [0.2, 0.25) is 5.91 Å². The number of fused-ring (bicyclic) bond motifs is 1. The second kappa shape index (κ2) is 3.19. The normalized spacial score (nSPS) is 16.2. The lowest BCUT2D eigenvalue weighted by Gasteiger charge is -2.03. The molecule has 3 heteroatoms. The van der Waals surface area contributed by atoms with Crippen LogP contribution in [-0.4, -0.2) is 11.7 Å². The molecular formula is C9H8NOS.